The van der Waals surface area contributed by atoms with Gasteiger partial charge in [-0.05, 0) is 56.5 Å². The summed E-state index contributed by atoms with van der Waals surface area (Å²) in [5.41, 5.74) is 0. The van der Waals surface area contributed by atoms with Gasteiger partial charge in [-0.15, -0.1) is 11.8 Å². The van der Waals surface area contributed by atoms with Crippen molar-refractivity contribution in [2.75, 3.05) is 26.9 Å². The minimum absolute atomic E-state index is 0.681. The van der Waals surface area contributed by atoms with Gasteiger partial charge in [0, 0.05) is 0 Å². The van der Waals surface area contributed by atoms with Gasteiger partial charge in [-0.3, -0.25) is 0 Å². The van der Waals surface area contributed by atoms with E-state index in [1.165, 1.54) is 69.2 Å². The lowest BCUT2D eigenvalue weighted by atomic mass is 9.91. The van der Waals surface area contributed by atoms with Crippen LogP contribution in [0.5, 0.6) is 0 Å². The van der Waals surface area contributed by atoms with E-state index < -0.39 is 0 Å². The summed E-state index contributed by atoms with van der Waals surface area (Å²) in [6, 6.07) is 0. The van der Waals surface area contributed by atoms with Crippen LogP contribution in [0.3, 0.4) is 0 Å². The van der Waals surface area contributed by atoms with E-state index in [-0.39, 0.29) is 0 Å². The van der Waals surface area contributed by atoms with Gasteiger partial charge >= 0.3 is 0 Å². The molecule has 21 heavy (non-hydrogen) atoms. The van der Waals surface area contributed by atoms with Crippen molar-refractivity contribution in [1.29, 1.82) is 0 Å². The molecule has 0 rings (SSSR count). The smallest absolute Gasteiger partial charge is 0.00222 e. The van der Waals surface area contributed by atoms with Crippen LogP contribution in [-0.2, 0) is 0 Å². The maximum absolute atomic E-state index is 4.14. The minimum Gasteiger partial charge on any atom is -0.309 e. The summed E-state index contributed by atoms with van der Waals surface area (Å²) >= 11 is 1.82. The number of nitrogens with zero attached hydrogens (tertiary/aromatic N) is 1. The summed E-state index contributed by atoms with van der Waals surface area (Å²) in [5.74, 6) is 1.62. The lowest BCUT2D eigenvalue weighted by Crippen LogP contribution is -2.17. The van der Waals surface area contributed by atoms with E-state index >= 15 is 0 Å². The normalized spacial score (nSPS) is 14.4. The number of thioether (sulfide) groups is 1. The van der Waals surface area contributed by atoms with Gasteiger partial charge in [0.25, 0.3) is 0 Å². The van der Waals surface area contributed by atoms with Crippen LogP contribution < -0.4 is 0 Å². The quantitative estimate of drug-likeness (QED) is 0.351. The average Bonchev–Trinajstić information content (AvgIpc) is 2.47. The van der Waals surface area contributed by atoms with Crippen molar-refractivity contribution >= 4 is 11.8 Å². The summed E-state index contributed by atoms with van der Waals surface area (Å²) in [4.78, 5) is 3.68. The molecule has 0 radical (unpaired) electrons. The molecule has 0 bridgehead atoms. The van der Waals surface area contributed by atoms with E-state index in [0.29, 0.717) is 5.92 Å². The Kier molecular flexibility index (Phi) is 13.7. The summed E-state index contributed by atoms with van der Waals surface area (Å²) in [6.07, 6.45) is 14.6. The molecule has 1 nitrogen and oxygen atoms in total. The largest absolute Gasteiger partial charge is 0.309 e. The third kappa shape index (κ3) is 12.3. The highest BCUT2D eigenvalue weighted by molar-refractivity contribution is 8.02. The van der Waals surface area contributed by atoms with Gasteiger partial charge in [-0.2, -0.15) is 0 Å². The average molecular weight is 314 g/mol. The molecule has 0 aliphatic carbocycles. The minimum atomic E-state index is 0.681. The Morgan fingerprint density at radius 3 is 2.10 bits per heavy atom. The predicted octanol–water partition coefficient (Wildman–Crippen LogP) is 6.21. The highest BCUT2D eigenvalue weighted by Crippen LogP contribution is 2.26. The Morgan fingerprint density at radius 1 is 1.00 bits per heavy atom. The van der Waals surface area contributed by atoms with Gasteiger partial charge in [-0.25, -0.2) is 0 Å². The fourth-order valence-electron chi connectivity index (χ4n) is 2.80. The molecule has 0 N–H and O–H groups in total. The zero-order valence-corrected chi connectivity index (χ0v) is 16.1. The van der Waals surface area contributed by atoms with Crippen molar-refractivity contribution in [1.82, 2.24) is 4.90 Å². The van der Waals surface area contributed by atoms with E-state index in [0.717, 1.165) is 5.92 Å². The summed E-state index contributed by atoms with van der Waals surface area (Å²) < 4.78 is 0. The molecule has 0 aliphatic heterocycles. The zero-order chi connectivity index (χ0) is 16.1. The molecule has 0 aromatic heterocycles. The topological polar surface area (TPSA) is 3.24 Å². The maximum atomic E-state index is 4.14. The monoisotopic (exact) mass is 313 g/mol. The number of rotatable bonds is 14. The van der Waals surface area contributed by atoms with E-state index in [2.05, 4.69) is 45.7 Å². The van der Waals surface area contributed by atoms with Gasteiger partial charge in [0.05, 0.1) is 0 Å². The van der Waals surface area contributed by atoms with Crippen LogP contribution in [0.15, 0.2) is 11.5 Å². The molecular formula is C19H39NS. The molecule has 0 aromatic carbocycles. The van der Waals surface area contributed by atoms with E-state index in [4.69, 9.17) is 0 Å². The number of allylic oxidation sites excluding steroid dienone is 1. The molecule has 0 amide bonds. The molecule has 0 aromatic rings. The Bertz CT molecular complexity index is 250. The lowest BCUT2D eigenvalue weighted by molar-refractivity contribution is 0.314. The van der Waals surface area contributed by atoms with Crippen LogP contribution in [0.1, 0.15) is 71.6 Å². The SMILES string of the molecule is C=C(SC)C(C)CCCCC(CCCCC)CCN(C)C. The van der Waals surface area contributed by atoms with Gasteiger partial charge in [0.1, 0.15) is 0 Å². The fraction of sp³-hybridized carbons (Fsp3) is 0.895. The second kappa shape index (κ2) is 13.7. The predicted molar refractivity (Wildman–Crippen MR) is 101 cm³/mol. The second-order valence-electron chi connectivity index (χ2n) is 6.81. The van der Waals surface area contributed by atoms with Crippen molar-refractivity contribution in [3.8, 4) is 0 Å². The molecule has 0 heterocycles. The van der Waals surface area contributed by atoms with Gasteiger partial charge in [0.15, 0.2) is 0 Å². The van der Waals surface area contributed by atoms with Crippen LogP contribution in [0.4, 0.5) is 0 Å². The van der Waals surface area contributed by atoms with Gasteiger partial charge in [-0.1, -0.05) is 65.4 Å². The molecule has 0 saturated carbocycles. The molecular weight excluding hydrogens is 274 g/mol. The van der Waals surface area contributed by atoms with Gasteiger partial charge in [0.2, 0.25) is 0 Å². The Morgan fingerprint density at radius 2 is 1.57 bits per heavy atom. The third-order valence-electron chi connectivity index (χ3n) is 4.51. The number of unbranched alkanes of at least 4 members (excludes halogenated alkanes) is 3. The van der Waals surface area contributed by atoms with E-state index in [1.54, 1.807) is 0 Å². The first-order chi connectivity index (χ1) is 10.0. The molecule has 0 aliphatic rings. The van der Waals surface area contributed by atoms with Gasteiger partial charge < -0.3 is 4.90 Å². The first kappa shape index (κ1) is 21.0. The Balaban J connectivity index is 3.90. The van der Waals surface area contributed by atoms with Crippen LogP contribution in [0.25, 0.3) is 0 Å². The lowest BCUT2D eigenvalue weighted by Gasteiger charge is -2.20. The molecule has 0 spiro atoms. The highest BCUT2D eigenvalue weighted by Gasteiger charge is 2.10. The molecule has 0 fully saturated rings. The van der Waals surface area contributed by atoms with Crippen LogP contribution >= 0.6 is 11.8 Å². The first-order valence-corrected chi connectivity index (χ1v) is 10.1. The summed E-state index contributed by atoms with van der Waals surface area (Å²) in [5, 5.41) is 0. The second-order valence-corrected chi connectivity index (χ2v) is 7.74. The van der Waals surface area contributed by atoms with E-state index in [9.17, 15) is 0 Å². The molecule has 0 saturated heterocycles. The van der Waals surface area contributed by atoms with Crippen molar-refractivity contribution < 1.29 is 0 Å². The van der Waals surface area contributed by atoms with E-state index in [1.807, 2.05) is 11.8 Å². The van der Waals surface area contributed by atoms with Crippen molar-refractivity contribution in [3.05, 3.63) is 11.5 Å². The zero-order valence-electron chi connectivity index (χ0n) is 15.3. The van der Waals surface area contributed by atoms with Crippen LogP contribution in [0.2, 0.25) is 0 Å². The van der Waals surface area contributed by atoms with Crippen molar-refractivity contribution in [2.24, 2.45) is 11.8 Å². The molecule has 2 unspecified atom stereocenters. The maximum Gasteiger partial charge on any atom is -0.00222 e. The molecule has 126 valence electrons. The number of hydrogen-bond donors (Lipinski definition) is 0. The third-order valence-corrected chi connectivity index (χ3v) is 5.44. The van der Waals surface area contributed by atoms with Crippen molar-refractivity contribution in [2.45, 2.75) is 71.6 Å². The standard InChI is InChI=1S/C19H39NS/c1-7-8-9-13-19(15-16-20(4)5)14-11-10-12-17(2)18(3)21-6/h17,19H,3,7-16H2,1-2,4-6H3. The summed E-state index contributed by atoms with van der Waals surface area (Å²) in [6.45, 7) is 10.0. The Hall–Kier alpha value is 0.0500. The molecule has 2 atom stereocenters. The highest BCUT2D eigenvalue weighted by atomic mass is 32.2. The Labute approximate surface area is 139 Å². The first-order valence-electron chi connectivity index (χ1n) is 8.88. The van der Waals surface area contributed by atoms with Crippen molar-refractivity contribution in [3.63, 3.8) is 0 Å². The number of hydrogen-bond acceptors (Lipinski definition) is 2. The van der Waals surface area contributed by atoms with Crippen LogP contribution in [0, 0.1) is 11.8 Å². The van der Waals surface area contributed by atoms with Crippen LogP contribution in [-0.4, -0.2) is 31.8 Å². The summed E-state index contributed by atoms with van der Waals surface area (Å²) in [7, 11) is 4.39. The molecule has 2 heteroatoms. The fourth-order valence-corrected chi connectivity index (χ4v) is 3.32.